The van der Waals surface area contributed by atoms with E-state index < -0.39 is 23.8 Å². The summed E-state index contributed by atoms with van der Waals surface area (Å²) in [5.41, 5.74) is 1.46. The van der Waals surface area contributed by atoms with Gasteiger partial charge in [0.25, 0.3) is 5.91 Å². The summed E-state index contributed by atoms with van der Waals surface area (Å²) in [7, 11) is 0. The Morgan fingerprint density at radius 3 is 2.56 bits per heavy atom. The molecule has 1 atom stereocenters. The molecule has 0 fully saturated rings. The summed E-state index contributed by atoms with van der Waals surface area (Å²) in [4.78, 5) is 25.0. The second-order valence-electron chi connectivity index (χ2n) is 5.90. The summed E-state index contributed by atoms with van der Waals surface area (Å²) in [6, 6.07) is 13.0. The van der Waals surface area contributed by atoms with Gasteiger partial charge in [-0.25, -0.2) is 9.18 Å². The Labute approximate surface area is 159 Å². The monoisotopic (exact) mass is 382 g/mol. The number of thiophene rings is 1. The number of carbonyl (C=O) groups is 2. The number of halogens is 1. The molecule has 5 nitrogen and oxygen atoms in total. The topological polar surface area (TPSA) is 79.2 Å². The number of amides is 1. The quantitative estimate of drug-likeness (QED) is 0.678. The predicted octanol–water partition coefficient (Wildman–Crippen LogP) is 4.40. The van der Waals surface area contributed by atoms with E-state index in [0.717, 1.165) is 11.3 Å². The average molecular weight is 382 g/mol. The van der Waals surface area contributed by atoms with Crippen LogP contribution in [-0.2, 0) is 9.53 Å². The van der Waals surface area contributed by atoms with Crippen molar-refractivity contribution >= 4 is 39.0 Å². The molecular weight excluding hydrogens is 367 g/mol. The van der Waals surface area contributed by atoms with Crippen LogP contribution in [0.4, 0.5) is 10.1 Å². The number of nitrogens with one attached hydrogen (secondary N) is 1. The van der Waals surface area contributed by atoms with Crippen molar-refractivity contribution in [3.63, 3.8) is 0 Å². The molecule has 1 aromatic heterocycles. The van der Waals surface area contributed by atoms with Gasteiger partial charge in [0.2, 0.25) is 0 Å². The maximum absolute atomic E-state index is 14.0. The van der Waals surface area contributed by atoms with E-state index in [2.05, 4.69) is 5.32 Å². The lowest BCUT2D eigenvalue weighted by atomic mass is 10.1. The van der Waals surface area contributed by atoms with Crippen molar-refractivity contribution in [1.29, 1.82) is 5.26 Å². The molecule has 0 saturated carbocycles. The molecule has 0 radical (unpaired) electrons. The minimum Gasteiger partial charge on any atom is -0.448 e. The van der Waals surface area contributed by atoms with Gasteiger partial charge in [-0.1, -0.05) is 6.07 Å². The molecule has 3 aromatic rings. The molecule has 0 aliphatic heterocycles. The van der Waals surface area contributed by atoms with Crippen LogP contribution >= 0.6 is 11.3 Å². The SMILES string of the molecule is Cc1c(C(=O)O[C@@H](C)C(=O)Nc2ccc(C#N)cc2)sc2cccc(F)c12. The lowest BCUT2D eigenvalue weighted by molar-refractivity contribution is -0.123. The zero-order chi connectivity index (χ0) is 19.6. The first-order chi connectivity index (χ1) is 12.9. The number of fused-ring (bicyclic) bond motifs is 1. The number of esters is 1. The summed E-state index contributed by atoms with van der Waals surface area (Å²) in [5.74, 6) is -1.57. The van der Waals surface area contributed by atoms with Crippen LogP contribution in [0.3, 0.4) is 0 Å². The van der Waals surface area contributed by atoms with E-state index in [1.165, 1.54) is 13.0 Å². The normalized spacial score (nSPS) is 11.6. The van der Waals surface area contributed by atoms with Crippen LogP contribution < -0.4 is 5.32 Å². The van der Waals surface area contributed by atoms with Gasteiger partial charge < -0.3 is 10.1 Å². The summed E-state index contributed by atoms with van der Waals surface area (Å²) < 4.78 is 19.9. The zero-order valence-corrected chi connectivity index (χ0v) is 15.4. The third kappa shape index (κ3) is 3.81. The Balaban J connectivity index is 1.71. The third-order valence-electron chi connectivity index (χ3n) is 4.02. The van der Waals surface area contributed by atoms with Crippen LogP contribution in [0.25, 0.3) is 10.1 Å². The van der Waals surface area contributed by atoms with E-state index in [1.807, 2.05) is 6.07 Å². The Morgan fingerprint density at radius 2 is 1.93 bits per heavy atom. The van der Waals surface area contributed by atoms with Gasteiger partial charge in [-0.2, -0.15) is 5.26 Å². The molecule has 1 N–H and O–H groups in total. The van der Waals surface area contributed by atoms with Gasteiger partial charge in [0.15, 0.2) is 6.10 Å². The van der Waals surface area contributed by atoms with Crippen LogP contribution in [0.1, 0.15) is 27.7 Å². The number of aryl methyl sites for hydroxylation is 1. The molecule has 1 heterocycles. The standard InChI is InChI=1S/C20H15FN2O3S/c1-11-17-15(21)4-3-5-16(17)27-18(11)20(25)26-12(2)19(24)23-14-8-6-13(10-22)7-9-14/h3-9,12H,1-2H3,(H,23,24)/t12-/m0/s1. The number of hydrogen-bond donors (Lipinski definition) is 1. The fraction of sp³-hybridized carbons (Fsp3) is 0.150. The molecule has 136 valence electrons. The maximum atomic E-state index is 14.0. The van der Waals surface area contributed by atoms with Gasteiger partial charge in [-0.05, 0) is 55.8 Å². The molecule has 3 rings (SSSR count). The Kier molecular flexibility index (Phi) is 5.19. The summed E-state index contributed by atoms with van der Waals surface area (Å²) in [6.07, 6.45) is -1.04. The Morgan fingerprint density at radius 1 is 1.22 bits per heavy atom. The largest absolute Gasteiger partial charge is 0.448 e. The highest BCUT2D eigenvalue weighted by Gasteiger charge is 2.23. The second-order valence-corrected chi connectivity index (χ2v) is 6.95. The maximum Gasteiger partial charge on any atom is 0.349 e. The lowest BCUT2D eigenvalue weighted by Crippen LogP contribution is -2.29. The molecule has 0 unspecified atom stereocenters. The van der Waals surface area contributed by atoms with Crippen molar-refractivity contribution in [3.05, 3.63) is 64.3 Å². The van der Waals surface area contributed by atoms with Gasteiger partial charge >= 0.3 is 5.97 Å². The zero-order valence-electron chi connectivity index (χ0n) is 14.6. The summed E-state index contributed by atoms with van der Waals surface area (Å²) in [6.45, 7) is 3.11. The van der Waals surface area contributed by atoms with E-state index >= 15 is 0 Å². The van der Waals surface area contributed by atoms with Crippen molar-refractivity contribution in [1.82, 2.24) is 0 Å². The number of nitrogens with zero attached hydrogens (tertiary/aromatic N) is 1. The molecule has 0 bridgehead atoms. The molecule has 1 amide bonds. The van der Waals surface area contributed by atoms with Crippen LogP contribution in [0.15, 0.2) is 42.5 Å². The number of benzene rings is 2. The first kappa shape index (κ1) is 18.5. The van der Waals surface area contributed by atoms with Gasteiger partial charge in [0, 0.05) is 15.8 Å². The van der Waals surface area contributed by atoms with Crippen molar-refractivity contribution in [2.24, 2.45) is 0 Å². The summed E-state index contributed by atoms with van der Waals surface area (Å²) in [5, 5.41) is 11.8. The van der Waals surface area contributed by atoms with Crippen LogP contribution in [0, 0.1) is 24.1 Å². The number of rotatable bonds is 4. The first-order valence-corrected chi connectivity index (χ1v) is 8.92. The Bertz CT molecular complexity index is 1070. The van der Waals surface area contributed by atoms with Crippen molar-refractivity contribution in [2.75, 3.05) is 5.32 Å². The van der Waals surface area contributed by atoms with Crippen molar-refractivity contribution in [2.45, 2.75) is 20.0 Å². The predicted molar refractivity (Wildman–Crippen MR) is 101 cm³/mol. The number of ether oxygens (including phenoxy) is 1. The first-order valence-electron chi connectivity index (χ1n) is 8.10. The minimum absolute atomic E-state index is 0.271. The lowest BCUT2D eigenvalue weighted by Gasteiger charge is -2.13. The van der Waals surface area contributed by atoms with Gasteiger partial charge in [0.05, 0.1) is 11.6 Å². The van der Waals surface area contributed by atoms with Crippen LogP contribution in [-0.4, -0.2) is 18.0 Å². The summed E-state index contributed by atoms with van der Waals surface area (Å²) >= 11 is 1.13. The minimum atomic E-state index is -1.04. The fourth-order valence-electron chi connectivity index (χ4n) is 2.59. The molecule has 7 heteroatoms. The molecule has 0 saturated heterocycles. The average Bonchev–Trinajstić information content (AvgIpc) is 3.00. The van der Waals surface area contributed by atoms with Crippen LogP contribution in [0.5, 0.6) is 0 Å². The molecule has 27 heavy (non-hydrogen) atoms. The Hall–Kier alpha value is -3.24. The van der Waals surface area contributed by atoms with Gasteiger partial charge in [-0.15, -0.1) is 11.3 Å². The van der Waals surface area contributed by atoms with E-state index in [0.29, 0.717) is 26.9 Å². The fourth-order valence-corrected chi connectivity index (χ4v) is 3.69. The second kappa shape index (κ2) is 7.56. The van der Waals surface area contributed by atoms with Crippen molar-refractivity contribution in [3.8, 4) is 6.07 Å². The van der Waals surface area contributed by atoms with Crippen LogP contribution in [0.2, 0.25) is 0 Å². The number of carbonyl (C=O) groups excluding carboxylic acids is 2. The van der Waals surface area contributed by atoms with E-state index in [4.69, 9.17) is 10.00 Å². The van der Waals surface area contributed by atoms with Gasteiger partial charge in [0.1, 0.15) is 10.7 Å². The van der Waals surface area contributed by atoms with Crippen molar-refractivity contribution < 1.29 is 18.7 Å². The highest BCUT2D eigenvalue weighted by molar-refractivity contribution is 7.21. The number of anilines is 1. The molecule has 0 aliphatic carbocycles. The van der Waals surface area contributed by atoms with E-state index in [1.54, 1.807) is 43.3 Å². The highest BCUT2D eigenvalue weighted by Crippen LogP contribution is 2.33. The van der Waals surface area contributed by atoms with Gasteiger partial charge in [-0.3, -0.25) is 4.79 Å². The molecular formula is C20H15FN2O3S. The number of hydrogen-bond acceptors (Lipinski definition) is 5. The van der Waals surface area contributed by atoms with E-state index in [-0.39, 0.29) is 4.88 Å². The third-order valence-corrected chi connectivity index (χ3v) is 5.26. The molecule has 0 aliphatic rings. The smallest absolute Gasteiger partial charge is 0.349 e. The van der Waals surface area contributed by atoms with E-state index in [9.17, 15) is 14.0 Å². The molecule has 2 aromatic carbocycles. The number of nitriles is 1. The highest BCUT2D eigenvalue weighted by atomic mass is 32.1. The molecule has 0 spiro atoms.